The highest BCUT2D eigenvalue weighted by molar-refractivity contribution is 6.36. The fraction of sp³-hybridized carbons (Fsp3) is 0.357. The minimum Gasteiger partial charge on any atom is -0.352 e. The van der Waals surface area contributed by atoms with Crippen LogP contribution in [-0.4, -0.2) is 28.8 Å². The third kappa shape index (κ3) is 5.73. The van der Waals surface area contributed by atoms with E-state index in [1.165, 1.54) is 0 Å². The number of rotatable bonds is 8. The maximum atomic E-state index is 13.5. The van der Waals surface area contributed by atoms with Crippen molar-refractivity contribution in [3.63, 3.8) is 0 Å². The van der Waals surface area contributed by atoms with Gasteiger partial charge in [0, 0.05) is 34.6 Å². The Kier molecular flexibility index (Phi) is 8.12. The summed E-state index contributed by atoms with van der Waals surface area (Å²) in [5.41, 5.74) is 1.77. The highest BCUT2D eigenvalue weighted by Crippen LogP contribution is 2.28. The molecule has 0 aromatic heterocycles. The summed E-state index contributed by atoms with van der Waals surface area (Å²) in [6.07, 6.45) is 5.11. The van der Waals surface area contributed by atoms with E-state index in [1.807, 2.05) is 18.2 Å². The molecule has 6 heteroatoms. The van der Waals surface area contributed by atoms with Crippen LogP contribution < -0.4 is 5.32 Å². The molecule has 4 nitrogen and oxygen atoms in total. The van der Waals surface area contributed by atoms with E-state index in [2.05, 4.69) is 29.6 Å². The number of aryl methyl sites for hydroxylation is 1. The third-order valence-corrected chi connectivity index (χ3v) is 7.46. The summed E-state index contributed by atoms with van der Waals surface area (Å²) in [7, 11) is 0. The van der Waals surface area contributed by atoms with Crippen molar-refractivity contribution < 1.29 is 9.59 Å². The average Bonchev–Trinajstić information content (AvgIpc) is 3.35. The second-order valence-corrected chi connectivity index (χ2v) is 9.84. The predicted octanol–water partition coefficient (Wildman–Crippen LogP) is 6.56. The molecule has 4 rings (SSSR count). The normalized spacial score (nSPS) is 14.8. The van der Waals surface area contributed by atoms with Crippen molar-refractivity contribution in [1.82, 2.24) is 10.2 Å². The molecule has 0 heterocycles. The highest BCUT2D eigenvalue weighted by Gasteiger charge is 2.29. The first kappa shape index (κ1) is 24.6. The number of hydrogen-bond acceptors (Lipinski definition) is 2. The summed E-state index contributed by atoms with van der Waals surface area (Å²) in [5, 5.41) is 6.40. The fourth-order valence-electron chi connectivity index (χ4n) is 4.72. The summed E-state index contributed by atoms with van der Waals surface area (Å²) in [6.45, 7) is 1.97. The average molecular weight is 497 g/mol. The number of carbonyl (C=O) groups excluding carboxylic acids is 2. The second-order valence-electron chi connectivity index (χ2n) is 9.03. The molecule has 0 radical (unpaired) electrons. The monoisotopic (exact) mass is 496 g/mol. The quantitative estimate of drug-likeness (QED) is 0.384. The van der Waals surface area contributed by atoms with Crippen molar-refractivity contribution in [3.8, 4) is 0 Å². The maximum Gasteiger partial charge on any atom is 0.242 e. The Labute approximate surface area is 211 Å². The Bertz CT molecular complexity index is 1150. The van der Waals surface area contributed by atoms with Crippen LogP contribution in [0.3, 0.4) is 0 Å². The van der Waals surface area contributed by atoms with Crippen LogP contribution in [0.5, 0.6) is 0 Å². The third-order valence-electron chi connectivity index (χ3n) is 6.75. The lowest BCUT2D eigenvalue weighted by atomic mass is 10.0. The minimum absolute atomic E-state index is 0.0991. The summed E-state index contributed by atoms with van der Waals surface area (Å²) in [6, 6.07) is 19.2. The second kappa shape index (κ2) is 11.2. The topological polar surface area (TPSA) is 49.4 Å². The van der Waals surface area contributed by atoms with Crippen molar-refractivity contribution in [3.05, 3.63) is 81.8 Å². The molecule has 34 heavy (non-hydrogen) atoms. The van der Waals surface area contributed by atoms with Gasteiger partial charge in [-0.25, -0.2) is 0 Å². The maximum absolute atomic E-state index is 13.5. The van der Waals surface area contributed by atoms with Crippen LogP contribution in [0, 0.1) is 0 Å². The largest absolute Gasteiger partial charge is 0.352 e. The van der Waals surface area contributed by atoms with Crippen LogP contribution in [0.4, 0.5) is 0 Å². The zero-order chi connectivity index (χ0) is 24.1. The van der Waals surface area contributed by atoms with Gasteiger partial charge in [-0.3, -0.25) is 9.59 Å². The van der Waals surface area contributed by atoms with Crippen LogP contribution in [0.1, 0.15) is 50.2 Å². The molecular formula is C28H30Cl2N2O2. The molecule has 1 fully saturated rings. The lowest BCUT2D eigenvalue weighted by Gasteiger charge is -2.30. The van der Waals surface area contributed by atoms with Crippen LogP contribution in [-0.2, 0) is 22.6 Å². The van der Waals surface area contributed by atoms with Crippen LogP contribution >= 0.6 is 23.2 Å². The Morgan fingerprint density at radius 1 is 0.971 bits per heavy atom. The summed E-state index contributed by atoms with van der Waals surface area (Å²) >= 11 is 12.8. The molecule has 0 unspecified atom stereocenters. The van der Waals surface area contributed by atoms with Gasteiger partial charge < -0.3 is 10.2 Å². The Balaban J connectivity index is 1.54. The molecule has 3 aromatic rings. The lowest BCUT2D eigenvalue weighted by Crippen LogP contribution is -2.49. The Morgan fingerprint density at radius 3 is 2.35 bits per heavy atom. The first-order valence-electron chi connectivity index (χ1n) is 11.9. The van der Waals surface area contributed by atoms with E-state index in [4.69, 9.17) is 23.2 Å². The number of halogens is 2. The molecule has 3 aromatic carbocycles. The van der Waals surface area contributed by atoms with Gasteiger partial charge in [0.15, 0.2) is 0 Å². The van der Waals surface area contributed by atoms with Gasteiger partial charge in [0.25, 0.3) is 0 Å². The highest BCUT2D eigenvalue weighted by atomic mass is 35.5. The van der Waals surface area contributed by atoms with E-state index < -0.39 is 6.04 Å². The minimum atomic E-state index is -0.632. The zero-order valence-corrected chi connectivity index (χ0v) is 20.9. The number of benzene rings is 3. The summed E-state index contributed by atoms with van der Waals surface area (Å²) in [5.74, 6) is -0.230. The molecule has 178 valence electrons. The molecule has 0 spiro atoms. The number of nitrogens with one attached hydrogen (secondary N) is 1. The summed E-state index contributed by atoms with van der Waals surface area (Å²) in [4.78, 5) is 28.2. The standard InChI is InChI=1S/C28H30Cl2N2O2/c1-19(28(34)31-22-11-3-4-12-22)32(18-24-25(29)14-7-15-26(24)30)27(33)17-16-21-10-6-9-20-8-2-5-13-23(20)21/h2,5-10,13-15,19,22H,3-4,11-12,16-18H2,1H3,(H,31,34)/t19-/m0/s1. The van der Waals surface area contributed by atoms with Gasteiger partial charge in [-0.15, -0.1) is 0 Å². The van der Waals surface area contributed by atoms with Crippen LogP contribution in [0.15, 0.2) is 60.7 Å². The Hall–Kier alpha value is -2.56. The van der Waals surface area contributed by atoms with Gasteiger partial charge in [0.1, 0.15) is 6.04 Å². The van der Waals surface area contributed by atoms with Crippen molar-refractivity contribution in [2.24, 2.45) is 0 Å². The number of fused-ring (bicyclic) bond motifs is 1. The molecular weight excluding hydrogens is 467 g/mol. The van der Waals surface area contributed by atoms with Crippen molar-refractivity contribution in [1.29, 1.82) is 0 Å². The molecule has 1 atom stereocenters. The SMILES string of the molecule is C[C@@H](C(=O)NC1CCCC1)N(Cc1c(Cl)cccc1Cl)C(=O)CCc1cccc2ccccc12. The van der Waals surface area contributed by atoms with Crippen molar-refractivity contribution >= 4 is 45.8 Å². The molecule has 0 aliphatic heterocycles. The van der Waals surface area contributed by atoms with E-state index in [0.717, 1.165) is 42.0 Å². The predicted molar refractivity (Wildman–Crippen MR) is 139 cm³/mol. The van der Waals surface area contributed by atoms with E-state index in [1.54, 1.807) is 30.0 Å². The van der Waals surface area contributed by atoms with E-state index in [-0.39, 0.29) is 30.8 Å². The first-order chi connectivity index (χ1) is 16.4. The summed E-state index contributed by atoms with van der Waals surface area (Å²) < 4.78 is 0. The molecule has 1 saturated carbocycles. The molecule has 0 saturated heterocycles. The van der Waals surface area contributed by atoms with Gasteiger partial charge in [0.2, 0.25) is 11.8 Å². The van der Waals surface area contributed by atoms with Gasteiger partial charge in [-0.05, 0) is 54.7 Å². The number of hydrogen-bond donors (Lipinski definition) is 1. The number of nitrogens with zero attached hydrogens (tertiary/aromatic N) is 1. The van der Waals surface area contributed by atoms with E-state index in [9.17, 15) is 9.59 Å². The molecule has 1 aliphatic rings. The first-order valence-corrected chi connectivity index (χ1v) is 12.7. The molecule has 1 aliphatic carbocycles. The zero-order valence-electron chi connectivity index (χ0n) is 19.4. The van der Waals surface area contributed by atoms with Crippen molar-refractivity contribution in [2.45, 2.75) is 64.1 Å². The smallest absolute Gasteiger partial charge is 0.242 e. The van der Waals surface area contributed by atoms with Gasteiger partial charge in [0.05, 0.1) is 0 Å². The molecule has 0 bridgehead atoms. The van der Waals surface area contributed by atoms with Crippen LogP contribution in [0.2, 0.25) is 10.0 Å². The van der Waals surface area contributed by atoms with Gasteiger partial charge >= 0.3 is 0 Å². The lowest BCUT2D eigenvalue weighted by molar-refractivity contribution is -0.140. The number of carbonyl (C=O) groups is 2. The van der Waals surface area contributed by atoms with Gasteiger partial charge in [-0.1, -0.05) is 84.6 Å². The van der Waals surface area contributed by atoms with Crippen LogP contribution in [0.25, 0.3) is 10.8 Å². The Morgan fingerprint density at radius 2 is 1.62 bits per heavy atom. The number of amides is 2. The molecule has 1 N–H and O–H groups in total. The van der Waals surface area contributed by atoms with Crippen molar-refractivity contribution in [2.75, 3.05) is 0 Å². The van der Waals surface area contributed by atoms with E-state index >= 15 is 0 Å². The fourth-order valence-corrected chi connectivity index (χ4v) is 5.24. The van der Waals surface area contributed by atoms with E-state index in [0.29, 0.717) is 22.0 Å². The molecule has 2 amide bonds. The van der Waals surface area contributed by atoms with Gasteiger partial charge in [-0.2, -0.15) is 0 Å².